The Hall–Kier alpha value is -1.94. The first-order chi connectivity index (χ1) is 10.2. The fraction of sp³-hybridized carbons (Fsp3) is 0.467. The van der Waals surface area contributed by atoms with Crippen molar-refractivity contribution in [3.8, 4) is 6.07 Å². The zero-order valence-corrected chi connectivity index (χ0v) is 12.1. The molecule has 1 fully saturated rings. The quantitative estimate of drug-likeness (QED) is 0.821. The predicted octanol–water partition coefficient (Wildman–Crippen LogP) is 0.417. The lowest BCUT2D eigenvalue weighted by molar-refractivity contribution is -0.119. The van der Waals surface area contributed by atoms with Crippen molar-refractivity contribution in [2.24, 2.45) is 0 Å². The SMILES string of the molecule is CNCC1CN(CC(=O)Nc2cccc(C#N)c2)CCO1. The van der Waals surface area contributed by atoms with Gasteiger partial charge in [0.1, 0.15) is 0 Å². The molecule has 1 saturated heterocycles. The molecule has 1 aromatic carbocycles. The van der Waals surface area contributed by atoms with E-state index in [2.05, 4.69) is 21.6 Å². The highest BCUT2D eigenvalue weighted by Crippen LogP contribution is 2.10. The Kier molecular flexibility index (Phi) is 5.69. The van der Waals surface area contributed by atoms with E-state index < -0.39 is 0 Å². The van der Waals surface area contributed by atoms with Crippen LogP contribution in [0.3, 0.4) is 0 Å². The van der Waals surface area contributed by atoms with Crippen LogP contribution in [0.4, 0.5) is 5.69 Å². The van der Waals surface area contributed by atoms with Crippen LogP contribution in [0.2, 0.25) is 0 Å². The summed E-state index contributed by atoms with van der Waals surface area (Å²) < 4.78 is 5.61. The highest BCUT2D eigenvalue weighted by atomic mass is 16.5. The first-order valence-corrected chi connectivity index (χ1v) is 7.00. The number of hydrogen-bond acceptors (Lipinski definition) is 5. The number of rotatable bonds is 5. The van der Waals surface area contributed by atoms with Crippen molar-refractivity contribution < 1.29 is 9.53 Å². The minimum Gasteiger partial charge on any atom is -0.374 e. The molecule has 0 saturated carbocycles. The van der Waals surface area contributed by atoms with Crippen LogP contribution >= 0.6 is 0 Å². The lowest BCUT2D eigenvalue weighted by Gasteiger charge is -2.32. The van der Waals surface area contributed by atoms with Gasteiger partial charge < -0.3 is 15.4 Å². The summed E-state index contributed by atoms with van der Waals surface area (Å²) in [5, 5.41) is 14.7. The number of nitriles is 1. The summed E-state index contributed by atoms with van der Waals surface area (Å²) in [6.07, 6.45) is 0.124. The summed E-state index contributed by atoms with van der Waals surface area (Å²) in [4.78, 5) is 14.1. The van der Waals surface area contributed by atoms with Gasteiger partial charge in [0.15, 0.2) is 0 Å². The largest absolute Gasteiger partial charge is 0.374 e. The van der Waals surface area contributed by atoms with Crippen molar-refractivity contribution in [2.45, 2.75) is 6.10 Å². The van der Waals surface area contributed by atoms with Crippen molar-refractivity contribution in [1.82, 2.24) is 10.2 Å². The Morgan fingerprint density at radius 1 is 1.57 bits per heavy atom. The molecular formula is C15H20N4O2. The van der Waals surface area contributed by atoms with Gasteiger partial charge in [-0.1, -0.05) is 6.07 Å². The average molecular weight is 288 g/mol. The summed E-state index contributed by atoms with van der Waals surface area (Å²) in [6.45, 7) is 3.25. The summed E-state index contributed by atoms with van der Waals surface area (Å²) in [5.41, 5.74) is 1.19. The van der Waals surface area contributed by atoms with Crippen LogP contribution in [0.15, 0.2) is 24.3 Å². The van der Waals surface area contributed by atoms with E-state index in [0.29, 0.717) is 24.4 Å². The molecule has 0 radical (unpaired) electrons. The van der Waals surface area contributed by atoms with Crippen molar-refractivity contribution >= 4 is 11.6 Å². The molecule has 0 aromatic heterocycles. The summed E-state index contributed by atoms with van der Waals surface area (Å²) >= 11 is 0. The van der Waals surface area contributed by atoms with E-state index in [4.69, 9.17) is 10.00 Å². The highest BCUT2D eigenvalue weighted by Gasteiger charge is 2.21. The lowest BCUT2D eigenvalue weighted by Crippen LogP contribution is -2.48. The molecule has 1 unspecified atom stereocenters. The first-order valence-electron chi connectivity index (χ1n) is 7.00. The van der Waals surface area contributed by atoms with Crippen molar-refractivity contribution in [3.05, 3.63) is 29.8 Å². The molecule has 1 aromatic rings. The van der Waals surface area contributed by atoms with Crippen LogP contribution < -0.4 is 10.6 Å². The zero-order valence-electron chi connectivity index (χ0n) is 12.1. The number of ether oxygens (including phenoxy) is 1. The molecule has 0 aliphatic carbocycles. The number of carbonyl (C=O) groups excluding carboxylic acids is 1. The molecule has 6 heteroatoms. The number of anilines is 1. The summed E-state index contributed by atoms with van der Waals surface area (Å²) in [5.74, 6) is -0.0739. The molecule has 1 atom stereocenters. The predicted molar refractivity (Wildman–Crippen MR) is 79.9 cm³/mol. The molecule has 0 bridgehead atoms. The Balaban J connectivity index is 1.85. The number of carbonyl (C=O) groups is 1. The second kappa shape index (κ2) is 7.74. The van der Waals surface area contributed by atoms with Gasteiger partial charge >= 0.3 is 0 Å². The van der Waals surface area contributed by atoms with Crippen LogP contribution in [0, 0.1) is 11.3 Å². The first kappa shape index (κ1) is 15.4. The molecule has 2 rings (SSSR count). The smallest absolute Gasteiger partial charge is 0.238 e. The Labute approximate surface area is 124 Å². The summed E-state index contributed by atoms with van der Waals surface area (Å²) in [7, 11) is 1.89. The van der Waals surface area contributed by atoms with Gasteiger partial charge in [0.25, 0.3) is 0 Å². The topological polar surface area (TPSA) is 77.4 Å². The van der Waals surface area contributed by atoms with Gasteiger partial charge in [-0.2, -0.15) is 5.26 Å². The van der Waals surface area contributed by atoms with Crippen molar-refractivity contribution in [3.63, 3.8) is 0 Å². The zero-order chi connectivity index (χ0) is 15.1. The second-order valence-electron chi connectivity index (χ2n) is 5.03. The monoisotopic (exact) mass is 288 g/mol. The van der Waals surface area contributed by atoms with Crippen molar-refractivity contribution in [2.75, 3.05) is 45.2 Å². The molecule has 1 heterocycles. The number of likely N-dealkylation sites (N-methyl/N-ethyl adjacent to an activating group) is 1. The van der Waals surface area contributed by atoms with E-state index in [1.165, 1.54) is 0 Å². The number of nitrogens with one attached hydrogen (secondary N) is 2. The van der Waals surface area contributed by atoms with Crippen LogP contribution in [-0.2, 0) is 9.53 Å². The Morgan fingerprint density at radius 3 is 3.19 bits per heavy atom. The number of nitrogens with zero attached hydrogens (tertiary/aromatic N) is 2. The van der Waals surface area contributed by atoms with E-state index in [1.807, 2.05) is 7.05 Å². The van der Waals surface area contributed by atoms with Gasteiger partial charge in [0.2, 0.25) is 5.91 Å². The number of morpholine rings is 1. The minimum absolute atomic E-state index is 0.0739. The molecule has 0 spiro atoms. The fourth-order valence-electron chi connectivity index (χ4n) is 2.35. The normalized spacial score (nSPS) is 19.0. The van der Waals surface area contributed by atoms with Crippen LogP contribution in [0.5, 0.6) is 0 Å². The maximum atomic E-state index is 12.1. The molecule has 21 heavy (non-hydrogen) atoms. The maximum Gasteiger partial charge on any atom is 0.238 e. The molecule has 2 N–H and O–H groups in total. The molecule has 1 amide bonds. The number of amides is 1. The average Bonchev–Trinajstić information content (AvgIpc) is 2.48. The third kappa shape index (κ3) is 4.83. The number of benzene rings is 1. The van der Waals surface area contributed by atoms with E-state index in [9.17, 15) is 4.79 Å². The van der Waals surface area contributed by atoms with Crippen LogP contribution in [-0.4, -0.2) is 56.7 Å². The molecule has 1 aliphatic rings. The second-order valence-corrected chi connectivity index (χ2v) is 5.03. The van der Waals surface area contributed by atoms with Crippen LogP contribution in [0.1, 0.15) is 5.56 Å². The van der Waals surface area contributed by atoms with E-state index in [-0.39, 0.29) is 12.0 Å². The third-order valence-corrected chi connectivity index (χ3v) is 3.30. The summed E-state index contributed by atoms with van der Waals surface area (Å²) in [6, 6.07) is 8.97. The van der Waals surface area contributed by atoms with Gasteiger partial charge in [0, 0.05) is 25.3 Å². The maximum absolute atomic E-state index is 12.1. The Morgan fingerprint density at radius 2 is 2.43 bits per heavy atom. The molecular weight excluding hydrogens is 268 g/mol. The van der Waals surface area contributed by atoms with E-state index >= 15 is 0 Å². The molecule has 112 valence electrons. The van der Waals surface area contributed by atoms with Gasteiger partial charge in [0.05, 0.1) is 30.9 Å². The van der Waals surface area contributed by atoms with Gasteiger partial charge in [-0.3, -0.25) is 9.69 Å². The minimum atomic E-state index is -0.0739. The van der Waals surface area contributed by atoms with E-state index in [1.54, 1.807) is 24.3 Å². The van der Waals surface area contributed by atoms with Gasteiger partial charge in [-0.15, -0.1) is 0 Å². The van der Waals surface area contributed by atoms with E-state index in [0.717, 1.165) is 19.6 Å². The fourth-order valence-corrected chi connectivity index (χ4v) is 2.35. The Bertz CT molecular complexity index is 525. The highest BCUT2D eigenvalue weighted by molar-refractivity contribution is 5.92. The molecule has 6 nitrogen and oxygen atoms in total. The standard InChI is InChI=1S/C15H20N4O2/c1-17-9-14-10-19(5-6-21-14)11-15(20)18-13-4-2-3-12(7-13)8-16/h2-4,7,14,17H,5-6,9-11H2,1H3,(H,18,20). The number of hydrogen-bond donors (Lipinski definition) is 2. The lowest BCUT2D eigenvalue weighted by atomic mass is 10.2. The van der Waals surface area contributed by atoms with Gasteiger partial charge in [-0.25, -0.2) is 0 Å². The molecule has 1 aliphatic heterocycles. The van der Waals surface area contributed by atoms with Crippen molar-refractivity contribution in [1.29, 1.82) is 5.26 Å². The van der Waals surface area contributed by atoms with Crippen LogP contribution in [0.25, 0.3) is 0 Å². The third-order valence-electron chi connectivity index (χ3n) is 3.30. The van der Waals surface area contributed by atoms with Gasteiger partial charge in [-0.05, 0) is 25.2 Å².